The van der Waals surface area contributed by atoms with Gasteiger partial charge in [0.2, 0.25) is 0 Å². The molecule has 0 fully saturated rings. The number of hydrogen-bond donors (Lipinski definition) is 1. The molecule has 17 heavy (non-hydrogen) atoms. The molecule has 2 aromatic rings. The third-order valence-corrected chi connectivity index (χ3v) is 4.64. The summed E-state index contributed by atoms with van der Waals surface area (Å²) in [5.74, 6) is 0. The Balaban J connectivity index is 1.85. The Morgan fingerprint density at radius 2 is 2.24 bits per heavy atom. The first-order valence-corrected chi connectivity index (χ1v) is 7.55. The van der Waals surface area contributed by atoms with E-state index in [1.165, 1.54) is 20.3 Å². The molecule has 1 unspecified atom stereocenters. The molecule has 0 bridgehead atoms. The van der Waals surface area contributed by atoms with Crippen molar-refractivity contribution in [2.45, 2.75) is 33.2 Å². The normalized spacial score (nSPS) is 12.9. The minimum atomic E-state index is 0.430. The molecule has 2 aromatic heterocycles. The molecule has 1 atom stereocenters. The Bertz CT molecular complexity index is 460. The lowest BCUT2D eigenvalue weighted by Crippen LogP contribution is -2.21. The zero-order valence-corrected chi connectivity index (χ0v) is 12.1. The highest BCUT2D eigenvalue weighted by molar-refractivity contribution is 7.12. The van der Waals surface area contributed by atoms with Crippen LogP contribution in [0.15, 0.2) is 17.6 Å². The average molecular weight is 266 g/mol. The largest absolute Gasteiger partial charge is 0.310 e. The Morgan fingerprint density at radius 1 is 1.41 bits per heavy atom. The van der Waals surface area contributed by atoms with Crippen LogP contribution in [0.2, 0.25) is 0 Å². The van der Waals surface area contributed by atoms with Gasteiger partial charge in [-0.05, 0) is 32.4 Å². The van der Waals surface area contributed by atoms with Crippen molar-refractivity contribution in [1.82, 2.24) is 10.3 Å². The number of aromatic nitrogens is 1. The summed E-state index contributed by atoms with van der Waals surface area (Å²) in [4.78, 5) is 7.11. The van der Waals surface area contributed by atoms with Gasteiger partial charge in [0.1, 0.15) is 0 Å². The third-order valence-electron chi connectivity index (χ3n) is 2.82. The number of nitrogens with one attached hydrogen (secondary N) is 1. The molecular weight excluding hydrogens is 248 g/mol. The predicted octanol–water partition coefficient (Wildman–Crippen LogP) is 3.71. The van der Waals surface area contributed by atoms with Crippen LogP contribution in [0.3, 0.4) is 0 Å². The minimum absolute atomic E-state index is 0.430. The van der Waals surface area contributed by atoms with Crippen LogP contribution in [0.1, 0.15) is 33.3 Å². The Kier molecular flexibility index (Phi) is 4.31. The van der Waals surface area contributed by atoms with Crippen molar-refractivity contribution < 1.29 is 0 Å². The lowest BCUT2D eigenvalue weighted by Gasteiger charge is -2.13. The fourth-order valence-corrected chi connectivity index (χ4v) is 3.61. The zero-order valence-electron chi connectivity index (χ0n) is 10.5. The molecule has 2 nitrogen and oxygen atoms in total. The summed E-state index contributed by atoms with van der Waals surface area (Å²) in [7, 11) is 0. The van der Waals surface area contributed by atoms with Gasteiger partial charge in [0.25, 0.3) is 0 Å². The van der Waals surface area contributed by atoms with Gasteiger partial charge in [0, 0.05) is 40.3 Å². The monoisotopic (exact) mass is 266 g/mol. The summed E-state index contributed by atoms with van der Waals surface area (Å²) in [5.41, 5.74) is 1.44. The minimum Gasteiger partial charge on any atom is -0.310 e. The molecule has 0 aromatic carbocycles. The van der Waals surface area contributed by atoms with Crippen LogP contribution >= 0.6 is 22.7 Å². The quantitative estimate of drug-likeness (QED) is 0.892. The summed E-state index contributed by atoms with van der Waals surface area (Å²) in [6.07, 6.45) is 2.89. The molecule has 0 spiro atoms. The van der Waals surface area contributed by atoms with Gasteiger partial charge in [-0.15, -0.1) is 22.7 Å². The van der Waals surface area contributed by atoms with Crippen LogP contribution in [0.4, 0.5) is 0 Å². The molecule has 0 radical (unpaired) electrons. The van der Waals surface area contributed by atoms with E-state index in [9.17, 15) is 0 Å². The molecule has 0 aliphatic heterocycles. The summed E-state index contributed by atoms with van der Waals surface area (Å²) in [5, 5.41) is 6.81. The second kappa shape index (κ2) is 5.76. The summed E-state index contributed by atoms with van der Waals surface area (Å²) in [6.45, 7) is 7.59. The fraction of sp³-hybridized carbons (Fsp3) is 0.462. The van der Waals surface area contributed by atoms with Crippen molar-refractivity contribution in [3.63, 3.8) is 0 Å². The topological polar surface area (TPSA) is 24.9 Å². The van der Waals surface area contributed by atoms with Crippen LogP contribution in [0.25, 0.3) is 0 Å². The van der Waals surface area contributed by atoms with Gasteiger partial charge in [-0.25, -0.2) is 4.98 Å². The number of thiazole rings is 1. The number of hydrogen-bond acceptors (Lipinski definition) is 4. The lowest BCUT2D eigenvalue weighted by atomic mass is 10.1. The molecule has 1 N–H and O–H groups in total. The molecule has 92 valence electrons. The van der Waals surface area contributed by atoms with Crippen molar-refractivity contribution in [1.29, 1.82) is 0 Å². The lowest BCUT2D eigenvalue weighted by molar-refractivity contribution is 0.575. The third kappa shape index (κ3) is 3.37. The second-order valence-corrected chi connectivity index (χ2v) is 6.66. The van der Waals surface area contributed by atoms with Gasteiger partial charge in [-0.1, -0.05) is 0 Å². The molecule has 2 rings (SSSR count). The molecule has 0 aliphatic carbocycles. The van der Waals surface area contributed by atoms with E-state index < -0.39 is 0 Å². The highest BCUT2D eigenvalue weighted by Crippen LogP contribution is 2.25. The summed E-state index contributed by atoms with van der Waals surface area (Å²) in [6, 6.07) is 2.72. The van der Waals surface area contributed by atoms with Crippen LogP contribution in [-0.2, 0) is 6.42 Å². The zero-order chi connectivity index (χ0) is 12.3. The Morgan fingerprint density at radius 3 is 2.82 bits per heavy atom. The van der Waals surface area contributed by atoms with Gasteiger partial charge in [0.05, 0.1) is 5.01 Å². The molecule has 4 heteroatoms. The van der Waals surface area contributed by atoms with Crippen molar-refractivity contribution >= 4 is 22.7 Å². The van der Waals surface area contributed by atoms with Gasteiger partial charge >= 0.3 is 0 Å². The van der Waals surface area contributed by atoms with Gasteiger partial charge in [-0.3, -0.25) is 0 Å². The first kappa shape index (κ1) is 12.7. The first-order valence-electron chi connectivity index (χ1n) is 5.85. The SMILES string of the molecule is Cc1cc(C(C)NCCc2nccs2)c(C)s1. The smallest absolute Gasteiger partial charge is 0.0937 e. The molecule has 2 heterocycles. The first-order chi connectivity index (χ1) is 8.16. The Labute approximate surface area is 111 Å². The van der Waals surface area contributed by atoms with E-state index >= 15 is 0 Å². The van der Waals surface area contributed by atoms with E-state index in [1.54, 1.807) is 11.3 Å². The van der Waals surface area contributed by atoms with Crippen LogP contribution < -0.4 is 5.32 Å². The maximum absolute atomic E-state index is 4.29. The van der Waals surface area contributed by atoms with E-state index in [-0.39, 0.29) is 0 Å². The molecule has 0 amide bonds. The highest BCUT2D eigenvalue weighted by Gasteiger charge is 2.10. The van der Waals surface area contributed by atoms with Gasteiger partial charge < -0.3 is 5.32 Å². The number of aryl methyl sites for hydroxylation is 2. The molecule has 0 saturated carbocycles. The van der Waals surface area contributed by atoms with E-state index in [1.807, 2.05) is 22.9 Å². The number of rotatable bonds is 5. The second-order valence-electron chi connectivity index (χ2n) is 4.22. The standard InChI is InChI=1S/C13H18N2S2/c1-9-8-12(11(3)17-9)10(2)14-5-4-13-15-6-7-16-13/h6-8,10,14H,4-5H2,1-3H3. The maximum Gasteiger partial charge on any atom is 0.0937 e. The van der Waals surface area contributed by atoms with Crippen molar-refractivity contribution in [2.75, 3.05) is 6.54 Å². The van der Waals surface area contributed by atoms with E-state index in [4.69, 9.17) is 0 Å². The van der Waals surface area contributed by atoms with Crippen molar-refractivity contribution in [3.8, 4) is 0 Å². The van der Waals surface area contributed by atoms with Crippen molar-refractivity contribution in [3.05, 3.63) is 38.0 Å². The summed E-state index contributed by atoms with van der Waals surface area (Å²) < 4.78 is 0. The molecular formula is C13H18N2S2. The fourth-order valence-electron chi connectivity index (χ4n) is 1.96. The molecule has 0 aliphatic rings. The Hall–Kier alpha value is -0.710. The van der Waals surface area contributed by atoms with E-state index in [0.717, 1.165) is 13.0 Å². The van der Waals surface area contributed by atoms with Crippen molar-refractivity contribution in [2.24, 2.45) is 0 Å². The average Bonchev–Trinajstić information content (AvgIpc) is 2.88. The summed E-state index contributed by atoms with van der Waals surface area (Å²) >= 11 is 3.61. The number of thiophene rings is 1. The van der Waals surface area contributed by atoms with Gasteiger partial charge in [-0.2, -0.15) is 0 Å². The van der Waals surface area contributed by atoms with Crippen LogP contribution in [0, 0.1) is 13.8 Å². The van der Waals surface area contributed by atoms with Crippen LogP contribution in [-0.4, -0.2) is 11.5 Å². The molecule has 0 saturated heterocycles. The van der Waals surface area contributed by atoms with E-state index in [0.29, 0.717) is 6.04 Å². The predicted molar refractivity (Wildman–Crippen MR) is 76.0 cm³/mol. The van der Waals surface area contributed by atoms with Crippen LogP contribution in [0.5, 0.6) is 0 Å². The van der Waals surface area contributed by atoms with Gasteiger partial charge in [0.15, 0.2) is 0 Å². The van der Waals surface area contributed by atoms with E-state index in [2.05, 4.69) is 37.1 Å². The number of nitrogens with zero attached hydrogens (tertiary/aromatic N) is 1. The maximum atomic E-state index is 4.29. The highest BCUT2D eigenvalue weighted by atomic mass is 32.1.